The fourth-order valence-corrected chi connectivity index (χ4v) is 3.99. The molecule has 38 heavy (non-hydrogen) atoms. The number of carbonyl (C=O) groups excluding carboxylic acids is 2. The Balaban J connectivity index is 1.38. The van der Waals surface area contributed by atoms with Crippen molar-refractivity contribution in [2.24, 2.45) is 0 Å². The highest BCUT2D eigenvalue weighted by atomic mass is 19.1. The summed E-state index contributed by atoms with van der Waals surface area (Å²) in [7, 11) is 1.34. The summed E-state index contributed by atoms with van der Waals surface area (Å²) in [5.74, 6) is -0.224. The van der Waals surface area contributed by atoms with Crippen LogP contribution in [0.3, 0.4) is 0 Å². The zero-order chi connectivity index (χ0) is 26.7. The van der Waals surface area contributed by atoms with Crippen LogP contribution >= 0.6 is 0 Å². The quantitative estimate of drug-likeness (QED) is 0.143. The van der Waals surface area contributed by atoms with Crippen molar-refractivity contribution >= 4 is 23.1 Å². The molecule has 194 valence electrons. The lowest BCUT2D eigenvalue weighted by Gasteiger charge is -2.20. The maximum absolute atomic E-state index is 13.7. The van der Waals surface area contributed by atoms with E-state index in [1.54, 1.807) is 48.5 Å². The lowest BCUT2D eigenvalue weighted by molar-refractivity contribution is -0.141. The van der Waals surface area contributed by atoms with E-state index in [-0.39, 0.29) is 11.6 Å². The summed E-state index contributed by atoms with van der Waals surface area (Å²) in [6.45, 7) is 0.796. The van der Waals surface area contributed by atoms with Crippen LogP contribution in [0.1, 0.15) is 21.5 Å². The number of ketones is 1. The molecular weight excluding hydrogens is 483 g/mol. The van der Waals surface area contributed by atoms with Gasteiger partial charge >= 0.3 is 5.97 Å². The molecule has 0 aliphatic heterocycles. The normalized spacial score (nSPS) is 11.3. The highest BCUT2D eigenvalue weighted by molar-refractivity contribution is 6.12. The number of ether oxygens (including phenoxy) is 2. The second-order valence-corrected chi connectivity index (χ2v) is 8.56. The first kappa shape index (κ1) is 26.4. The predicted molar refractivity (Wildman–Crippen MR) is 146 cm³/mol. The molecule has 0 spiro atoms. The Kier molecular flexibility index (Phi) is 9.07. The molecule has 1 unspecified atom stereocenters. The molecule has 0 saturated carbocycles. The second kappa shape index (κ2) is 13.1. The summed E-state index contributed by atoms with van der Waals surface area (Å²) in [5, 5.41) is 6.21. The maximum atomic E-state index is 13.7. The lowest BCUT2D eigenvalue weighted by atomic mass is 10.00. The number of methoxy groups -OCH3 is 1. The van der Waals surface area contributed by atoms with E-state index in [1.165, 1.54) is 13.2 Å². The van der Waals surface area contributed by atoms with Crippen LogP contribution in [0.15, 0.2) is 103 Å². The molecule has 2 N–H and O–H groups in total. The molecule has 0 aliphatic carbocycles. The van der Waals surface area contributed by atoms with Crippen molar-refractivity contribution < 1.29 is 23.5 Å². The molecule has 0 aliphatic rings. The Morgan fingerprint density at radius 2 is 1.47 bits per heavy atom. The Morgan fingerprint density at radius 1 is 0.816 bits per heavy atom. The number of hydrogen-bond acceptors (Lipinski definition) is 6. The van der Waals surface area contributed by atoms with E-state index in [1.807, 2.05) is 48.5 Å². The summed E-state index contributed by atoms with van der Waals surface area (Å²) in [6.07, 6.45) is 0.343. The van der Waals surface area contributed by atoms with Crippen molar-refractivity contribution in [3.63, 3.8) is 0 Å². The number of esters is 1. The molecule has 6 nitrogen and oxygen atoms in total. The molecule has 0 amide bonds. The summed E-state index contributed by atoms with van der Waals surface area (Å²) < 4.78 is 24.5. The van der Waals surface area contributed by atoms with Crippen molar-refractivity contribution in [2.45, 2.75) is 12.5 Å². The van der Waals surface area contributed by atoms with Crippen LogP contribution in [0.2, 0.25) is 0 Å². The number of halogens is 1. The van der Waals surface area contributed by atoms with Crippen molar-refractivity contribution in [3.05, 3.63) is 126 Å². The van der Waals surface area contributed by atoms with Gasteiger partial charge in [0.2, 0.25) is 0 Å². The molecule has 0 aromatic heterocycles. The monoisotopic (exact) mass is 512 g/mol. The number of nitrogens with one attached hydrogen (secondary N) is 2. The molecular formula is C31H29FN2O4. The van der Waals surface area contributed by atoms with Gasteiger partial charge in [-0.3, -0.25) is 4.79 Å². The third-order valence-corrected chi connectivity index (χ3v) is 5.95. The summed E-state index contributed by atoms with van der Waals surface area (Å²) in [5.41, 5.74) is 2.91. The predicted octanol–water partition coefficient (Wildman–Crippen LogP) is 5.74. The van der Waals surface area contributed by atoms with Gasteiger partial charge in [-0.25, -0.2) is 9.18 Å². The summed E-state index contributed by atoms with van der Waals surface area (Å²) in [6, 6.07) is 29.3. The Bertz CT molecular complexity index is 1360. The molecule has 4 rings (SSSR count). The first-order chi connectivity index (χ1) is 18.5. The van der Waals surface area contributed by atoms with E-state index in [0.717, 1.165) is 5.56 Å². The number of hydrogen-bond donors (Lipinski definition) is 2. The molecule has 0 saturated heterocycles. The van der Waals surface area contributed by atoms with E-state index in [2.05, 4.69) is 10.6 Å². The number of anilines is 2. The van der Waals surface area contributed by atoms with Gasteiger partial charge in [0.15, 0.2) is 5.78 Å². The van der Waals surface area contributed by atoms with Crippen LogP contribution < -0.4 is 15.4 Å². The van der Waals surface area contributed by atoms with Gasteiger partial charge in [0.1, 0.15) is 24.2 Å². The third-order valence-electron chi connectivity index (χ3n) is 5.95. The van der Waals surface area contributed by atoms with Crippen LogP contribution in [-0.2, 0) is 16.0 Å². The molecule has 4 aromatic rings. The van der Waals surface area contributed by atoms with Crippen LogP contribution in [0, 0.1) is 5.82 Å². The SMILES string of the molecule is COC(=O)C(Cc1ccc(OCCNc2ccccc2F)cc1)Nc1ccccc1C(=O)c1ccccc1. The number of carbonyl (C=O) groups is 2. The smallest absolute Gasteiger partial charge is 0.328 e. The van der Waals surface area contributed by atoms with Crippen LogP contribution in [-0.4, -0.2) is 38.1 Å². The molecule has 0 heterocycles. The van der Waals surface area contributed by atoms with E-state index in [0.29, 0.717) is 47.8 Å². The molecule has 7 heteroatoms. The zero-order valence-electron chi connectivity index (χ0n) is 21.0. The van der Waals surface area contributed by atoms with Gasteiger partial charge in [-0.15, -0.1) is 0 Å². The van der Waals surface area contributed by atoms with Gasteiger partial charge in [-0.05, 0) is 42.0 Å². The van der Waals surface area contributed by atoms with Crippen molar-refractivity contribution in [3.8, 4) is 5.75 Å². The molecule has 0 radical (unpaired) electrons. The number of benzene rings is 4. The van der Waals surface area contributed by atoms with Gasteiger partial charge in [-0.1, -0.05) is 66.7 Å². The van der Waals surface area contributed by atoms with Crippen LogP contribution in [0.25, 0.3) is 0 Å². The first-order valence-electron chi connectivity index (χ1n) is 12.3. The maximum Gasteiger partial charge on any atom is 0.328 e. The second-order valence-electron chi connectivity index (χ2n) is 8.56. The summed E-state index contributed by atoms with van der Waals surface area (Å²) >= 11 is 0. The highest BCUT2D eigenvalue weighted by Gasteiger charge is 2.22. The van der Waals surface area contributed by atoms with E-state index < -0.39 is 12.0 Å². The van der Waals surface area contributed by atoms with Crippen molar-refractivity contribution in [2.75, 3.05) is 30.9 Å². The first-order valence-corrected chi connectivity index (χ1v) is 12.3. The largest absolute Gasteiger partial charge is 0.492 e. The minimum absolute atomic E-state index is 0.136. The summed E-state index contributed by atoms with van der Waals surface area (Å²) in [4.78, 5) is 25.7. The minimum atomic E-state index is -0.707. The van der Waals surface area contributed by atoms with Gasteiger partial charge in [0, 0.05) is 29.8 Å². The van der Waals surface area contributed by atoms with E-state index in [9.17, 15) is 14.0 Å². The molecule has 0 bridgehead atoms. The van der Waals surface area contributed by atoms with Gasteiger partial charge < -0.3 is 20.1 Å². The minimum Gasteiger partial charge on any atom is -0.492 e. The standard InChI is InChI=1S/C31H29FN2O4/c1-37-31(36)29(34-27-13-7-5-11-25(27)30(35)23-9-3-2-4-10-23)21-22-15-17-24(18-16-22)38-20-19-33-28-14-8-6-12-26(28)32/h2-18,29,33-34H,19-21H2,1H3. The average molecular weight is 513 g/mol. The van der Waals surface area contributed by atoms with Crippen LogP contribution in [0.4, 0.5) is 15.8 Å². The van der Waals surface area contributed by atoms with Crippen molar-refractivity contribution in [1.29, 1.82) is 0 Å². The van der Waals surface area contributed by atoms with Gasteiger partial charge in [-0.2, -0.15) is 0 Å². The number of rotatable bonds is 12. The highest BCUT2D eigenvalue weighted by Crippen LogP contribution is 2.22. The number of para-hydroxylation sites is 2. The molecule has 0 fully saturated rings. The third kappa shape index (κ3) is 6.97. The van der Waals surface area contributed by atoms with Crippen LogP contribution in [0.5, 0.6) is 5.75 Å². The van der Waals surface area contributed by atoms with Crippen molar-refractivity contribution in [1.82, 2.24) is 0 Å². The Hall–Kier alpha value is -4.65. The Morgan fingerprint density at radius 3 is 2.18 bits per heavy atom. The zero-order valence-corrected chi connectivity index (χ0v) is 21.0. The van der Waals surface area contributed by atoms with Gasteiger partial charge in [0.25, 0.3) is 0 Å². The Labute approximate surface area is 221 Å². The lowest BCUT2D eigenvalue weighted by Crippen LogP contribution is -2.33. The topological polar surface area (TPSA) is 76.7 Å². The fourth-order valence-electron chi connectivity index (χ4n) is 3.99. The fraction of sp³-hybridized carbons (Fsp3) is 0.161. The molecule has 1 atom stereocenters. The van der Waals surface area contributed by atoms with E-state index in [4.69, 9.17) is 9.47 Å². The molecule has 4 aromatic carbocycles. The average Bonchev–Trinajstić information content (AvgIpc) is 2.96. The van der Waals surface area contributed by atoms with E-state index >= 15 is 0 Å². The van der Waals surface area contributed by atoms with Gasteiger partial charge in [0.05, 0.1) is 12.8 Å².